The van der Waals surface area contributed by atoms with E-state index < -0.39 is 22.2 Å². The summed E-state index contributed by atoms with van der Waals surface area (Å²) in [4.78, 5) is 4.60. The van der Waals surface area contributed by atoms with Crippen LogP contribution in [0.4, 0.5) is 0 Å². The van der Waals surface area contributed by atoms with Crippen LogP contribution in [0.5, 0.6) is 0 Å². The Morgan fingerprint density at radius 1 is 1.48 bits per heavy atom. The first-order valence-electron chi connectivity index (χ1n) is 6.70. The summed E-state index contributed by atoms with van der Waals surface area (Å²) >= 11 is 7.34. The highest BCUT2D eigenvalue weighted by Crippen LogP contribution is 2.31. The number of thiazole rings is 1. The minimum Gasteiger partial charge on any atom is -0.391 e. The van der Waals surface area contributed by atoms with Crippen LogP contribution >= 0.6 is 22.9 Å². The predicted molar refractivity (Wildman–Crippen MR) is 81.3 cm³/mol. The molecular weight excluding hydrogens is 334 g/mol. The molecule has 9 heteroatoms. The molecule has 1 fully saturated rings. The van der Waals surface area contributed by atoms with Gasteiger partial charge in [0.1, 0.15) is 0 Å². The fraction of sp³-hybridized carbons (Fsp3) is 0.583. The largest absolute Gasteiger partial charge is 0.391 e. The van der Waals surface area contributed by atoms with Crippen LogP contribution in [0.15, 0.2) is 16.6 Å². The summed E-state index contributed by atoms with van der Waals surface area (Å²) in [7, 11) is -2.31. The zero-order valence-corrected chi connectivity index (χ0v) is 13.8. The highest BCUT2D eigenvalue weighted by atomic mass is 35.5. The SMILES string of the molecule is CN(C1CCCCC1O)S(=O)(=O)c1c(Cl)nc2sccn12. The minimum atomic E-state index is -3.81. The van der Waals surface area contributed by atoms with Crippen molar-refractivity contribution in [1.82, 2.24) is 13.7 Å². The lowest BCUT2D eigenvalue weighted by Gasteiger charge is -2.34. The number of aliphatic hydroxyl groups excluding tert-OH is 1. The van der Waals surface area contributed by atoms with Crippen molar-refractivity contribution in [2.75, 3.05) is 7.05 Å². The van der Waals surface area contributed by atoms with Gasteiger partial charge in [0.05, 0.1) is 12.1 Å². The fourth-order valence-corrected chi connectivity index (χ4v) is 5.61. The molecule has 2 unspecified atom stereocenters. The van der Waals surface area contributed by atoms with Gasteiger partial charge in [-0.2, -0.15) is 4.31 Å². The van der Waals surface area contributed by atoms with Crippen molar-refractivity contribution in [2.24, 2.45) is 0 Å². The molecule has 2 aromatic heterocycles. The molecule has 1 N–H and O–H groups in total. The number of likely N-dealkylation sites (N-methyl/N-ethyl adjacent to an activating group) is 1. The van der Waals surface area contributed by atoms with Crippen LogP contribution in [-0.2, 0) is 10.0 Å². The van der Waals surface area contributed by atoms with Gasteiger partial charge in [0.25, 0.3) is 10.0 Å². The van der Waals surface area contributed by atoms with Crippen LogP contribution < -0.4 is 0 Å². The van der Waals surface area contributed by atoms with Crippen molar-refractivity contribution in [3.63, 3.8) is 0 Å². The molecule has 2 aromatic rings. The molecule has 21 heavy (non-hydrogen) atoms. The number of hydrogen-bond acceptors (Lipinski definition) is 5. The Kier molecular flexibility index (Phi) is 4.00. The van der Waals surface area contributed by atoms with E-state index in [1.165, 1.54) is 27.1 Å². The van der Waals surface area contributed by atoms with E-state index in [4.69, 9.17) is 11.6 Å². The fourth-order valence-electron chi connectivity index (χ4n) is 2.80. The second-order valence-electron chi connectivity index (χ2n) is 5.20. The maximum absolute atomic E-state index is 12.8. The van der Waals surface area contributed by atoms with Crippen LogP contribution in [0, 0.1) is 0 Å². The zero-order chi connectivity index (χ0) is 15.2. The van der Waals surface area contributed by atoms with Crippen molar-refractivity contribution in [3.8, 4) is 0 Å². The molecule has 6 nitrogen and oxygen atoms in total. The van der Waals surface area contributed by atoms with E-state index in [2.05, 4.69) is 4.98 Å². The third-order valence-corrected chi connectivity index (χ3v) is 7.00. The van der Waals surface area contributed by atoms with Gasteiger partial charge in [0.15, 0.2) is 15.1 Å². The molecule has 0 spiro atoms. The van der Waals surface area contributed by atoms with Gasteiger partial charge in [0, 0.05) is 18.6 Å². The van der Waals surface area contributed by atoms with Gasteiger partial charge in [0.2, 0.25) is 0 Å². The molecular formula is C12H16ClN3O3S2. The lowest BCUT2D eigenvalue weighted by Crippen LogP contribution is -2.46. The highest BCUT2D eigenvalue weighted by molar-refractivity contribution is 7.89. The maximum Gasteiger partial charge on any atom is 0.262 e. The summed E-state index contributed by atoms with van der Waals surface area (Å²) in [6.07, 6.45) is 4.11. The number of fused-ring (bicyclic) bond motifs is 1. The second-order valence-corrected chi connectivity index (χ2v) is 8.35. The van der Waals surface area contributed by atoms with Crippen LogP contribution in [0.25, 0.3) is 4.96 Å². The van der Waals surface area contributed by atoms with E-state index in [9.17, 15) is 13.5 Å². The van der Waals surface area contributed by atoms with Gasteiger partial charge in [-0.15, -0.1) is 11.3 Å². The summed E-state index contributed by atoms with van der Waals surface area (Å²) in [6.45, 7) is 0. The quantitative estimate of drug-likeness (QED) is 0.919. The molecule has 116 valence electrons. The maximum atomic E-state index is 12.8. The van der Waals surface area contributed by atoms with Gasteiger partial charge < -0.3 is 5.11 Å². The molecule has 1 aliphatic carbocycles. The summed E-state index contributed by atoms with van der Waals surface area (Å²) in [5.74, 6) is 0. The number of imidazole rings is 1. The Bertz CT molecular complexity index is 755. The lowest BCUT2D eigenvalue weighted by molar-refractivity contribution is 0.0637. The molecule has 2 heterocycles. The van der Waals surface area contributed by atoms with Gasteiger partial charge in [-0.3, -0.25) is 4.40 Å². The van der Waals surface area contributed by atoms with E-state index in [-0.39, 0.29) is 10.2 Å². The zero-order valence-electron chi connectivity index (χ0n) is 11.4. The first kappa shape index (κ1) is 15.2. The summed E-state index contributed by atoms with van der Waals surface area (Å²) in [6, 6.07) is -0.413. The molecule has 0 radical (unpaired) electrons. The predicted octanol–water partition coefficient (Wildman–Crippen LogP) is 1.97. The van der Waals surface area contributed by atoms with E-state index in [0.717, 1.165) is 12.8 Å². The average Bonchev–Trinajstić information content (AvgIpc) is 2.97. The van der Waals surface area contributed by atoms with E-state index in [0.29, 0.717) is 17.8 Å². The monoisotopic (exact) mass is 349 g/mol. The van der Waals surface area contributed by atoms with Crippen LogP contribution in [0.3, 0.4) is 0 Å². The Morgan fingerprint density at radius 3 is 2.90 bits per heavy atom. The number of nitrogens with zero attached hydrogens (tertiary/aromatic N) is 3. The highest BCUT2D eigenvalue weighted by Gasteiger charge is 2.37. The van der Waals surface area contributed by atoms with E-state index >= 15 is 0 Å². The number of hydrogen-bond donors (Lipinski definition) is 1. The van der Waals surface area contributed by atoms with Crippen LogP contribution in [0.1, 0.15) is 25.7 Å². The first-order valence-corrected chi connectivity index (χ1v) is 9.40. The molecule has 0 aliphatic heterocycles. The topological polar surface area (TPSA) is 74.9 Å². The standard InChI is InChI=1S/C12H16ClN3O3S2/c1-15(8-4-2-3-5-9(8)17)21(18,19)11-10(13)14-12-16(11)6-7-20-12/h6-9,17H,2-5H2,1H3. The normalized spacial score (nSPS) is 24.0. The molecule has 2 atom stereocenters. The molecule has 1 aliphatic rings. The van der Waals surface area contributed by atoms with Crippen molar-refractivity contribution in [3.05, 3.63) is 16.7 Å². The second kappa shape index (κ2) is 5.51. The van der Waals surface area contributed by atoms with Gasteiger partial charge in [-0.1, -0.05) is 24.4 Å². The van der Waals surface area contributed by atoms with Gasteiger partial charge in [-0.25, -0.2) is 13.4 Å². The van der Waals surface area contributed by atoms with Crippen molar-refractivity contribution >= 4 is 37.9 Å². The van der Waals surface area contributed by atoms with E-state index in [1.807, 2.05) is 0 Å². The van der Waals surface area contributed by atoms with E-state index in [1.54, 1.807) is 11.6 Å². The molecule has 0 bridgehead atoms. The average molecular weight is 350 g/mol. The van der Waals surface area contributed by atoms with Crippen molar-refractivity contribution in [2.45, 2.75) is 42.9 Å². The van der Waals surface area contributed by atoms with Gasteiger partial charge >= 0.3 is 0 Å². The minimum absolute atomic E-state index is 0.0271. The number of rotatable bonds is 3. The third kappa shape index (κ3) is 2.49. The van der Waals surface area contributed by atoms with Crippen LogP contribution in [-0.4, -0.2) is 46.4 Å². The summed E-state index contributed by atoms with van der Waals surface area (Å²) in [5.41, 5.74) is 0. The molecule has 3 rings (SSSR count). The molecule has 0 saturated heterocycles. The molecule has 0 amide bonds. The Balaban J connectivity index is 2.03. The Hall–Kier alpha value is -0.670. The lowest BCUT2D eigenvalue weighted by atomic mass is 9.93. The smallest absolute Gasteiger partial charge is 0.262 e. The van der Waals surface area contributed by atoms with Crippen LogP contribution in [0.2, 0.25) is 5.15 Å². The Morgan fingerprint density at radius 2 is 2.19 bits per heavy atom. The van der Waals surface area contributed by atoms with Crippen molar-refractivity contribution < 1.29 is 13.5 Å². The number of sulfonamides is 1. The number of halogens is 1. The number of aliphatic hydroxyl groups is 1. The molecule has 0 aromatic carbocycles. The van der Waals surface area contributed by atoms with Crippen molar-refractivity contribution in [1.29, 1.82) is 0 Å². The molecule has 1 saturated carbocycles. The summed E-state index contributed by atoms with van der Waals surface area (Å²) < 4.78 is 28.4. The number of aromatic nitrogens is 2. The Labute approximate surface area is 132 Å². The first-order chi connectivity index (χ1) is 9.93. The van der Waals surface area contributed by atoms with Gasteiger partial charge in [-0.05, 0) is 12.8 Å². The summed E-state index contributed by atoms with van der Waals surface area (Å²) in [5, 5.41) is 11.8. The third-order valence-electron chi connectivity index (χ3n) is 3.96.